The fourth-order valence-corrected chi connectivity index (χ4v) is 4.24. The number of alkyl halides is 3. The Hall–Kier alpha value is -4.22. The zero-order valence-corrected chi connectivity index (χ0v) is 19.9. The highest BCUT2D eigenvalue weighted by molar-refractivity contribution is 5.99. The maximum atomic E-state index is 14.7. The normalized spacial score (nSPS) is 13.8. The van der Waals surface area contributed by atoms with Crippen LogP contribution >= 0.6 is 0 Å². The summed E-state index contributed by atoms with van der Waals surface area (Å²) < 4.78 is 55.5. The number of amides is 2. The van der Waals surface area contributed by atoms with Crippen molar-refractivity contribution in [1.82, 2.24) is 24.4 Å². The van der Waals surface area contributed by atoms with Gasteiger partial charge in [0.15, 0.2) is 0 Å². The Labute approximate surface area is 208 Å². The van der Waals surface area contributed by atoms with E-state index in [9.17, 15) is 27.2 Å². The smallest absolute Gasteiger partial charge is 0.382 e. The highest BCUT2D eigenvalue weighted by atomic mass is 19.4. The molecule has 2 aromatic carbocycles. The van der Waals surface area contributed by atoms with Crippen LogP contribution in [0.4, 0.5) is 23.4 Å². The molecule has 0 radical (unpaired) electrons. The van der Waals surface area contributed by atoms with Gasteiger partial charge >= 0.3 is 6.18 Å². The van der Waals surface area contributed by atoms with Gasteiger partial charge in [-0.15, -0.1) is 0 Å². The maximum absolute atomic E-state index is 14.7. The number of nitrogen functional groups attached to an aromatic ring is 1. The number of carbonyl (C=O) groups is 2. The Morgan fingerprint density at radius 1 is 1.14 bits per heavy atom. The topological polar surface area (TPSA) is 96.8 Å². The van der Waals surface area contributed by atoms with Crippen LogP contribution in [0, 0.1) is 18.7 Å². The summed E-state index contributed by atoms with van der Waals surface area (Å²) in [5.74, 6) is -1.47. The number of anilines is 1. The first-order valence-corrected chi connectivity index (χ1v) is 11.4. The first kappa shape index (κ1) is 24.5. The third kappa shape index (κ3) is 4.43. The van der Waals surface area contributed by atoms with Crippen LogP contribution in [0.15, 0.2) is 42.6 Å². The second-order valence-electron chi connectivity index (χ2n) is 9.03. The molecule has 8 nitrogen and oxygen atoms in total. The molecule has 192 valence electrons. The van der Waals surface area contributed by atoms with Crippen molar-refractivity contribution in [3.8, 4) is 0 Å². The molecule has 1 saturated carbocycles. The van der Waals surface area contributed by atoms with Crippen molar-refractivity contribution in [3.63, 3.8) is 0 Å². The number of imidazole rings is 1. The molecule has 0 spiro atoms. The molecule has 0 aliphatic heterocycles. The lowest BCUT2D eigenvalue weighted by molar-refractivity contribution is -0.144. The van der Waals surface area contributed by atoms with Crippen LogP contribution in [-0.2, 0) is 17.5 Å². The third-order valence-electron chi connectivity index (χ3n) is 6.45. The summed E-state index contributed by atoms with van der Waals surface area (Å²) in [4.78, 5) is 35.1. The maximum Gasteiger partial charge on any atom is 0.416 e. The predicted molar refractivity (Wildman–Crippen MR) is 126 cm³/mol. The molecule has 0 atom stereocenters. The van der Waals surface area contributed by atoms with Crippen molar-refractivity contribution < 1.29 is 27.2 Å². The molecule has 2 aromatic heterocycles. The lowest BCUT2D eigenvalue weighted by atomic mass is 10.1. The Morgan fingerprint density at radius 2 is 1.86 bits per heavy atom. The fraction of sp³-hybridized carbons (Fsp3) is 0.280. The monoisotopic (exact) mass is 514 g/mol. The van der Waals surface area contributed by atoms with Gasteiger partial charge in [-0.05, 0) is 50.1 Å². The molecule has 4 aromatic rings. The molecular formula is C25H22F4N6O2. The number of carbonyl (C=O) groups excluding carboxylic acids is 2. The summed E-state index contributed by atoms with van der Waals surface area (Å²) in [7, 11) is 1.39. The molecule has 37 heavy (non-hydrogen) atoms. The van der Waals surface area contributed by atoms with Crippen molar-refractivity contribution in [1.29, 1.82) is 0 Å². The molecule has 1 fully saturated rings. The second-order valence-corrected chi connectivity index (χ2v) is 9.03. The summed E-state index contributed by atoms with van der Waals surface area (Å²) in [5, 5.41) is 2.15. The molecule has 0 saturated heterocycles. The van der Waals surface area contributed by atoms with Gasteiger partial charge in [-0.25, -0.2) is 19.4 Å². The predicted octanol–water partition coefficient (Wildman–Crippen LogP) is 4.36. The third-order valence-corrected chi connectivity index (χ3v) is 6.45. The van der Waals surface area contributed by atoms with Gasteiger partial charge in [0.1, 0.15) is 23.0 Å². The van der Waals surface area contributed by atoms with Gasteiger partial charge in [0.25, 0.3) is 5.91 Å². The number of halogens is 4. The quantitative estimate of drug-likeness (QED) is 0.323. The van der Waals surface area contributed by atoms with E-state index in [4.69, 9.17) is 5.73 Å². The van der Waals surface area contributed by atoms with Crippen LogP contribution in [0.3, 0.4) is 0 Å². The minimum Gasteiger partial charge on any atom is -0.382 e. The number of nitrogens with two attached hydrogens (primary N) is 1. The Balaban J connectivity index is 1.56. The number of hydrogen-bond acceptors (Lipinski definition) is 5. The minimum atomic E-state index is -4.72. The Bertz CT molecular complexity index is 1560. The number of nitrogens with zero attached hydrogens (tertiary/aromatic N) is 5. The number of hydrazine groups is 1. The highest BCUT2D eigenvalue weighted by Crippen LogP contribution is 2.33. The van der Waals surface area contributed by atoms with Crippen LogP contribution in [0.2, 0.25) is 0 Å². The standard InChI is InChI=1S/C25H22F4N6O2/c1-13-31-11-21-22(30)32-19-8-6-15(9-20(19)35(13)21)24(37)34(33(2)23(36)14-3-4-14)12-16-5-7-17(10-18(16)26)25(27,28)29/h5-11,14H,3-4,12H2,1-2H3,(H2,30,32). The molecule has 1 aliphatic rings. The summed E-state index contributed by atoms with van der Waals surface area (Å²) in [6.45, 7) is 1.32. The van der Waals surface area contributed by atoms with E-state index < -0.39 is 30.0 Å². The van der Waals surface area contributed by atoms with Gasteiger partial charge in [-0.1, -0.05) is 6.07 Å². The summed E-state index contributed by atoms with van der Waals surface area (Å²) in [6, 6.07) is 6.76. The van der Waals surface area contributed by atoms with Gasteiger partial charge in [-0.3, -0.25) is 19.0 Å². The van der Waals surface area contributed by atoms with E-state index in [2.05, 4.69) is 9.97 Å². The van der Waals surface area contributed by atoms with E-state index in [1.54, 1.807) is 29.7 Å². The summed E-state index contributed by atoms with van der Waals surface area (Å²) >= 11 is 0. The molecule has 5 rings (SSSR count). The van der Waals surface area contributed by atoms with Gasteiger partial charge in [0, 0.05) is 24.1 Å². The van der Waals surface area contributed by atoms with Crippen molar-refractivity contribution in [2.45, 2.75) is 32.5 Å². The summed E-state index contributed by atoms with van der Waals surface area (Å²) in [5.41, 5.74) is 6.49. The largest absolute Gasteiger partial charge is 0.416 e. The molecule has 2 amide bonds. The van der Waals surface area contributed by atoms with Crippen molar-refractivity contribution in [3.05, 3.63) is 70.9 Å². The highest BCUT2D eigenvalue weighted by Gasteiger charge is 2.36. The molecule has 1 aliphatic carbocycles. The van der Waals surface area contributed by atoms with Crippen molar-refractivity contribution in [2.75, 3.05) is 12.8 Å². The first-order valence-electron chi connectivity index (χ1n) is 11.4. The SMILES string of the molecule is Cc1ncc2c(N)nc3ccc(C(=O)N(Cc4ccc(C(F)(F)F)cc4F)N(C)C(=O)C4CC4)cc3n12. The number of aromatic nitrogens is 3. The molecule has 2 heterocycles. The molecule has 2 N–H and O–H groups in total. The fourth-order valence-electron chi connectivity index (χ4n) is 4.24. The first-order chi connectivity index (χ1) is 17.5. The zero-order valence-electron chi connectivity index (χ0n) is 19.9. The number of aryl methyl sites for hydroxylation is 1. The van der Waals surface area contributed by atoms with Crippen LogP contribution in [-0.4, -0.2) is 43.2 Å². The van der Waals surface area contributed by atoms with Crippen LogP contribution in [0.1, 0.15) is 40.2 Å². The molecule has 0 unspecified atom stereocenters. The van der Waals surface area contributed by atoms with Gasteiger partial charge in [-0.2, -0.15) is 13.2 Å². The Kier molecular flexibility index (Phi) is 5.76. The van der Waals surface area contributed by atoms with E-state index in [-0.39, 0.29) is 28.8 Å². The number of hydrogen-bond donors (Lipinski definition) is 1. The number of fused-ring (bicyclic) bond motifs is 3. The number of rotatable bonds is 4. The van der Waals surface area contributed by atoms with Crippen molar-refractivity contribution in [2.24, 2.45) is 5.92 Å². The van der Waals surface area contributed by atoms with Gasteiger partial charge in [0.2, 0.25) is 5.91 Å². The molecular weight excluding hydrogens is 492 g/mol. The zero-order chi connectivity index (χ0) is 26.6. The van der Waals surface area contributed by atoms with Gasteiger partial charge < -0.3 is 5.73 Å². The van der Waals surface area contributed by atoms with Gasteiger partial charge in [0.05, 0.1) is 29.3 Å². The van der Waals surface area contributed by atoms with Crippen LogP contribution in [0.5, 0.6) is 0 Å². The van der Waals surface area contributed by atoms with E-state index in [1.807, 2.05) is 0 Å². The minimum absolute atomic E-state index is 0.163. The van der Waals surface area contributed by atoms with E-state index in [1.165, 1.54) is 13.1 Å². The lowest BCUT2D eigenvalue weighted by Crippen LogP contribution is -2.47. The van der Waals surface area contributed by atoms with E-state index in [0.29, 0.717) is 41.3 Å². The number of benzene rings is 2. The average Bonchev–Trinajstić information content (AvgIpc) is 3.63. The van der Waals surface area contributed by atoms with Crippen molar-refractivity contribution >= 4 is 34.2 Å². The lowest BCUT2D eigenvalue weighted by Gasteiger charge is -2.32. The molecule has 12 heteroatoms. The second kappa shape index (κ2) is 8.71. The average molecular weight is 514 g/mol. The van der Waals surface area contributed by atoms with Crippen LogP contribution in [0.25, 0.3) is 16.6 Å². The Morgan fingerprint density at radius 3 is 2.51 bits per heavy atom. The molecule has 0 bridgehead atoms. The van der Waals surface area contributed by atoms with Crippen LogP contribution < -0.4 is 5.73 Å². The summed E-state index contributed by atoms with van der Waals surface area (Å²) in [6.07, 6.45) is -1.82. The van der Waals surface area contributed by atoms with E-state index in [0.717, 1.165) is 22.2 Å². The van der Waals surface area contributed by atoms with E-state index >= 15 is 0 Å².